The molecule has 2 rings (SSSR count). The van der Waals surface area contributed by atoms with E-state index in [1.807, 2.05) is 30.3 Å². The van der Waals surface area contributed by atoms with Gasteiger partial charge in [0.2, 0.25) is 0 Å². The Kier molecular flexibility index (Phi) is 4.10. The highest BCUT2D eigenvalue weighted by molar-refractivity contribution is 6.20. The molecule has 0 aliphatic carbocycles. The first-order chi connectivity index (χ1) is 8.31. The smallest absolute Gasteiger partial charge is 0.123 e. The second-order valence-corrected chi connectivity index (χ2v) is 4.38. The van der Waals surface area contributed by atoms with Crippen molar-refractivity contribution in [1.29, 1.82) is 0 Å². The van der Waals surface area contributed by atoms with Crippen molar-refractivity contribution in [2.24, 2.45) is 0 Å². The molecule has 0 fully saturated rings. The molecule has 2 nitrogen and oxygen atoms in total. The second kappa shape index (κ2) is 5.78. The minimum Gasteiger partial charge on any atom is -0.468 e. The molecule has 2 aromatic rings. The maximum Gasteiger partial charge on any atom is 0.123 e. The summed E-state index contributed by atoms with van der Waals surface area (Å²) in [4.78, 5) is 2.24. The van der Waals surface area contributed by atoms with Gasteiger partial charge in [-0.15, -0.1) is 11.6 Å². The molecule has 1 unspecified atom stereocenters. The van der Waals surface area contributed by atoms with Crippen LogP contribution in [0, 0.1) is 0 Å². The van der Waals surface area contributed by atoms with Crippen molar-refractivity contribution in [3.63, 3.8) is 0 Å². The molecule has 0 aliphatic heterocycles. The Morgan fingerprint density at radius 3 is 2.53 bits per heavy atom. The van der Waals surface area contributed by atoms with Crippen molar-refractivity contribution in [2.45, 2.75) is 12.3 Å². The monoisotopic (exact) mass is 249 g/mol. The summed E-state index contributed by atoms with van der Waals surface area (Å²) in [6.07, 6.45) is 1.66. The number of anilines is 1. The number of halogens is 1. The van der Waals surface area contributed by atoms with Crippen LogP contribution >= 0.6 is 11.6 Å². The summed E-state index contributed by atoms with van der Waals surface area (Å²) in [5, 5.41) is -0.120. The minimum atomic E-state index is -0.120. The summed E-state index contributed by atoms with van der Waals surface area (Å²) in [6.45, 7) is 3.79. The molecule has 0 bridgehead atoms. The van der Waals surface area contributed by atoms with Crippen LogP contribution in [-0.2, 0) is 0 Å². The zero-order valence-corrected chi connectivity index (χ0v) is 10.6. The average Bonchev–Trinajstić information content (AvgIpc) is 2.90. The van der Waals surface area contributed by atoms with E-state index in [9.17, 15) is 0 Å². The Morgan fingerprint density at radius 2 is 1.94 bits per heavy atom. The Balaban J connectivity index is 2.06. The standard InChI is InChI=1S/C14H16ClNO/c1-2-16(12-7-4-3-5-8-12)11-13(15)14-9-6-10-17-14/h3-10,13H,2,11H2,1H3. The zero-order chi connectivity index (χ0) is 12.1. The molecule has 3 heteroatoms. The molecule has 1 aromatic carbocycles. The van der Waals surface area contributed by atoms with Gasteiger partial charge in [0.15, 0.2) is 0 Å². The molecule has 0 N–H and O–H groups in total. The van der Waals surface area contributed by atoms with Crippen molar-refractivity contribution in [3.05, 3.63) is 54.5 Å². The quantitative estimate of drug-likeness (QED) is 0.743. The van der Waals surface area contributed by atoms with Gasteiger partial charge >= 0.3 is 0 Å². The molecule has 1 aromatic heterocycles. The van der Waals surface area contributed by atoms with Crippen LogP contribution in [0.5, 0.6) is 0 Å². The van der Waals surface area contributed by atoms with Crippen molar-refractivity contribution in [2.75, 3.05) is 18.0 Å². The topological polar surface area (TPSA) is 16.4 Å². The first-order valence-corrected chi connectivity index (χ1v) is 6.22. The van der Waals surface area contributed by atoms with Crippen LogP contribution in [0.25, 0.3) is 0 Å². The summed E-state index contributed by atoms with van der Waals surface area (Å²) in [7, 11) is 0. The van der Waals surface area contributed by atoms with Crippen LogP contribution in [0.1, 0.15) is 18.1 Å². The van der Waals surface area contributed by atoms with E-state index < -0.39 is 0 Å². The fourth-order valence-electron chi connectivity index (χ4n) is 1.81. The molecule has 0 amide bonds. The molecule has 0 saturated carbocycles. The van der Waals surface area contributed by atoms with Gasteiger partial charge in [0.1, 0.15) is 11.1 Å². The van der Waals surface area contributed by atoms with Crippen molar-refractivity contribution in [3.8, 4) is 0 Å². The lowest BCUT2D eigenvalue weighted by Gasteiger charge is -2.24. The minimum absolute atomic E-state index is 0.120. The van der Waals surface area contributed by atoms with E-state index in [0.29, 0.717) is 0 Å². The van der Waals surface area contributed by atoms with Crippen molar-refractivity contribution < 1.29 is 4.42 Å². The SMILES string of the molecule is CCN(CC(Cl)c1ccco1)c1ccccc1. The fourth-order valence-corrected chi connectivity index (χ4v) is 2.10. The number of hydrogen-bond acceptors (Lipinski definition) is 2. The molecule has 0 radical (unpaired) electrons. The largest absolute Gasteiger partial charge is 0.468 e. The van der Waals surface area contributed by atoms with E-state index in [2.05, 4.69) is 24.0 Å². The van der Waals surface area contributed by atoms with Crippen LogP contribution in [-0.4, -0.2) is 13.1 Å². The van der Waals surface area contributed by atoms with E-state index in [4.69, 9.17) is 16.0 Å². The molecular formula is C14H16ClNO. The third-order valence-electron chi connectivity index (χ3n) is 2.74. The summed E-state index contributed by atoms with van der Waals surface area (Å²) in [5.74, 6) is 0.820. The summed E-state index contributed by atoms with van der Waals surface area (Å²) in [6, 6.07) is 14.1. The van der Waals surface area contributed by atoms with Crippen LogP contribution < -0.4 is 4.90 Å². The second-order valence-electron chi connectivity index (χ2n) is 3.86. The van der Waals surface area contributed by atoms with Crippen LogP contribution in [0.15, 0.2) is 53.1 Å². The van der Waals surface area contributed by atoms with Gasteiger partial charge in [-0.3, -0.25) is 0 Å². The number of benzene rings is 1. The number of para-hydroxylation sites is 1. The number of rotatable bonds is 5. The first kappa shape index (κ1) is 12.1. The predicted molar refractivity (Wildman–Crippen MR) is 71.6 cm³/mol. The Hall–Kier alpha value is -1.41. The Morgan fingerprint density at radius 1 is 1.18 bits per heavy atom. The molecule has 0 aliphatic rings. The van der Waals surface area contributed by atoms with Gasteiger partial charge in [-0.25, -0.2) is 0 Å². The number of hydrogen-bond donors (Lipinski definition) is 0. The molecule has 1 heterocycles. The van der Waals surface area contributed by atoms with Crippen molar-refractivity contribution >= 4 is 17.3 Å². The van der Waals surface area contributed by atoms with Gasteiger partial charge in [-0.2, -0.15) is 0 Å². The number of likely N-dealkylation sites (N-methyl/N-ethyl adjacent to an activating group) is 1. The highest BCUT2D eigenvalue weighted by atomic mass is 35.5. The average molecular weight is 250 g/mol. The Labute approximate surface area is 107 Å². The van der Waals surface area contributed by atoms with Gasteiger partial charge in [0.05, 0.1) is 6.26 Å². The molecule has 1 atom stereocenters. The number of nitrogens with zero attached hydrogens (tertiary/aromatic N) is 1. The third kappa shape index (κ3) is 3.04. The highest BCUT2D eigenvalue weighted by Gasteiger charge is 2.15. The van der Waals surface area contributed by atoms with E-state index >= 15 is 0 Å². The highest BCUT2D eigenvalue weighted by Crippen LogP contribution is 2.24. The van der Waals surface area contributed by atoms with E-state index in [0.717, 1.165) is 18.8 Å². The summed E-state index contributed by atoms with van der Waals surface area (Å²) >= 11 is 6.34. The van der Waals surface area contributed by atoms with Gasteiger partial charge in [0.25, 0.3) is 0 Å². The predicted octanol–water partition coefficient (Wildman–Crippen LogP) is 4.09. The number of alkyl halides is 1. The van der Waals surface area contributed by atoms with Crippen LogP contribution in [0.3, 0.4) is 0 Å². The molecule has 90 valence electrons. The lowest BCUT2D eigenvalue weighted by atomic mass is 10.2. The summed E-state index contributed by atoms with van der Waals surface area (Å²) in [5.41, 5.74) is 1.19. The lowest BCUT2D eigenvalue weighted by Crippen LogP contribution is -2.26. The van der Waals surface area contributed by atoms with E-state index in [1.54, 1.807) is 6.26 Å². The Bertz CT molecular complexity index is 427. The lowest BCUT2D eigenvalue weighted by molar-refractivity contribution is 0.501. The molecule has 17 heavy (non-hydrogen) atoms. The van der Waals surface area contributed by atoms with Gasteiger partial charge in [0, 0.05) is 18.8 Å². The van der Waals surface area contributed by atoms with Crippen LogP contribution in [0.4, 0.5) is 5.69 Å². The summed E-state index contributed by atoms with van der Waals surface area (Å²) < 4.78 is 5.32. The van der Waals surface area contributed by atoms with Gasteiger partial charge in [-0.05, 0) is 31.2 Å². The molecular weight excluding hydrogens is 234 g/mol. The number of furan rings is 1. The normalized spacial score (nSPS) is 12.4. The zero-order valence-electron chi connectivity index (χ0n) is 9.84. The van der Waals surface area contributed by atoms with E-state index in [1.165, 1.54) is 5.69 Å². The van der Waals surface area contributed by atoms with Gasteiger partial charge < -0.3 is 9.32 Å². The maximum atomic E-state index is 6.34. The van der Waals surface area contributed by atoms with Gasteiger partial charge in [-0.1, -0.05) is 18.2 Å². The van der Waals surface area contributed by atoms with Crippen LogP contribution in [0.2, 0.25) is 0 Å². The first-order valence-electron chi connectivity index (χ1n) is 5.78. The molecule has 0 saturated heterocycles. The molecule has 0 spiro atoms. The maximum absolute atomic E-state index is 6.34. The third-order valence-corrected chi connectivity index (χ3v) is 3.09. The van der Waals surface area contributed by atoms with E-state index in [-0.39, 0.29) is 5.38 Å². The fraction of sp³-hybridized carbons (Fsp3) is 0.286. The van der Waals surface area contributed by atoms with Crippen molar-refractivity contribution in [1.82, 2.24) is 0 Å².